The van der Waals surface area contributed by atoms with E-state index < -0.39 is 0 Å². The molecule has 3 rings (SSSR count). The summed E-state index contributed by atoms with van der Waals surface area (Å²) in [4.78, 5) is 27.0. The molecule has 6 heteroatoms. The Morgan fingerprint density at radius 1 is 1.35 bits per heavy atom. The summed E-state index contributed by atoms with van der Waals surface area (Å²) in [7, 11) is 1.98. The molecule has 0 saturated heterocycles. The van der Waals surface area contributed by atoms with Crippen molar-refractivity contribution in [3.8, 4) is 0 Å². The van der Waals surface area contributed by atoms with Crippen LogP contribution in [-0.2, 0) is 16.0 Å². The van der Waals surface area contributed by atoms with E-state index in [0.29, 0.717) is 23.0 Å². The van der Waals surface area contributed by atoms with Crippen LogP contribution in [0.5, 0.6) is 0 Å². The van der Waals surface area contributed by atoms with Crippen molar-refractivity contribution < 1.29 is 14.3 Å². The molecular weight excluding hydrogens is 348 g/mol. The van der Waals surface area contributed by atoms with Gasteiger partial charge in [-0.2, -0.15) is 0 Å². The van der Waals surface area contributed by atoms with Gasteiger partial charge in [0.25, 0.3) is 0 Å². The van der Waals surface area contributed by atoms with Crippen molar-refractivity contribution in [3.63, 3.8) is 0 Å². The third kappa shape index (κ3) is 3.97. The Bertz CT molecular complexity index is 815. The lowest BCUT2D eigenvalue weighted by molar-refractivity contribution is -0.117. The highest BCUT2D eigenvalue weighted by molar-refractivity contribution is 7.18. The van der Waals surface area contributed by atoms with E-state index in [1.165, 1.54) is 22.5 Å². The quantitative estimate of drug-likeness (QED) is 0.784. The zero-order valence-corrected chi connectivity index (χ0v) is 16.2. The molecule has 1 N–H and O–H groups in total. The molecule has 2 aromatic rings. The summed E-state index contributed by atoms with van der Waals surface area (Å²) in [6.07, 6.45) is 2.09. The Morgan fingerprint density at radius 3 is 2.88 bits per heavy atom. The van der Waals surface area contributed by atoms with Gasteiger partial charge in [-0.1, -0.05) is 24.3 Å². The number of hydrogen-bond donors (Lipinski definition) is 1. The van der Waals surface area contributed by atoms with Gasteiger partial charge < -0.3 is 10.1 Å². The highest BCUT2D eigenvalue weighted by Crippen LogP contribution is 2.34. The first-order chi connectivity index (χ1) is 12.5. The van der Waals surface area contributed by atoms with E-state index >= 15 is 0 Å². The number of likely N-dealkylation sites (N-methyl/N-ethyl adjacent to an activating group) is 1. The molecule has 0 aliphatic heterocycles. The van der Waals surface area contributed by atoms with Gasteiger partial charge in [0.15, 0.2) is 0 Å². The van der Waals surface area contributed by atoms with E-state index in [4.69, 9.17) is 4.74 Å². The Morgan fingerprint density at radius 2 is 2.12 bits per heavy atom. The number of fused-ring (bicyclic) bond motifs is 1. The third-order valence-corrected chi connectivity index (χ3v) is 5.80. The fourth-order valence-corrected chi connectivity index (χ4v) is 4.43. The van der Waals surface area contributed by atoms with Crippen molar-refractivity contribution in [2.75, 3.05) is 25.5 Å². The van der Waals surface area contributed by atoms with Crippen LogP contribution < -0.4 is 5.32 Å². The molecule has 1 aliphatic carbocycles. The number of nitrogens with zero attached hydrogens (tertiary/aromatic N) is 1. The van der Waals surface area contributed by atoms with Crippen molar-refractivity contribution >= 4 is 28.2 Å². The van der Waals surface area contributed by atoms with Crippen LogP contribution in [0.25, 0.3) is 0 Å². The lowest BCUT2D eigenvalue weighted by atomic mass is 10.1. The van der Waals surface area contributed by atoms with Gasteiger partial charge in [0.05, 0.1) is 18.2 Å². The molecule has 1 amide bonds. The highest BCUT2D eigenvalue weighted by atomic mass is 32.1. The second-order valence-corrected chi connectivity index (χ2v) is 7.61. The van der Waals surface area contributed by atoms with E-state index in [-0.39, 0.29) is 17.9 Å². The predicted octanol–water partition coefficient (Wildman–Crippen LogP) is 3.79. The summed E-state index contributed by atoms with van der Waals surface area (Å²) < 4.78 is 5.04. The zero-order valence-electron chi connectivity index (χ0n) is 15.4. The number of esters is 1. The summed E-state index contributed by atoms with van der Waals surface area (Å²) in [5.74, 6) is -0.413. The minimum Gasteiger partial charge on any atom is -0.462 e. The van der Waals surface area contributed by atoms with Gasteiger partial charge in [-0.05, 0) is 56.5 Å². The van der Waals surface area contributed by atoms with E-state index in [1.807, 2.05) is 20.0 Å². The van der Waals surface area contributed by atoms with Gasteiger partial charge in [0, 0.05) is 6.04 Å². The minimum absolute atomic E-state index is 0.0754. The first-order valence-corrected chi connectivity index (χ1v) is 9.66. The second-order valence-electron chi connectivity index (χ2n) is 6.56. The first-order valence-electron chi connectivity index (χ1n) is 8.85. The number of carbonyl (C=O) groups excluding carboxylic acids is 2. The molecule has 1 aromatic carbocycles. The second kappa shape index (κ2) is 8.01. The number of anilines is 1. The van der Waals surface area contributed by atoms with Crippen molar-refractivity contribution in [2.24, 2.45) is 0 Å². The highest BCUT2D eigenvalue weighted by Gasteiger charge is 2.26. The van der Waals surface area contributed by atoms with Gasteiger partial charge in [0.1, 0.15) is 4.88 Å². The van der Waals surface area contributed by atoms with Crippen molar-refractivity contribution in [1.82, 2.24) is 4.90 Å². The van der Waals surface area contributed by atoms with Crippen LogP contribution >= 0.6 is 11.3 Å². The average Bonchev–Trinajstić information content (AvgIpc) is 3.18. The number of hydrogen-bond acceptors (Lipinski definition) is 5. The number of thiophene rings is 1. The van der Waals surface area contributed by atoms with Crippen LogP contribution in [0.4, 0.5) is 5.00 Å². The van der Waals surface area contributed by atoms with E-state index in [2.05, 4.69) is 34.5 Å². The Balaban J connectivity index is 1.61. The van der Waals surface area contributed by atoms with Crippen molar-refractivity contribution in [2.45, 2.75) is 32.7 Å². The van der Waals surface area contributed by atoms with Gasteiger partial charge >= 0.3 is 5.97 Å². The molecule has 1 aromatic heterocycles. The molecule has 0 bridgehead atoms. The Labute approximate surface area is 158 Å². The number of carbonyl (C=O) groups is 2. The topological polar surface area (TPSA) is 58.6 Å². The predicted molar refractivity (Wildman–Crippen MR) is 104 cm³/mol. The maximum absolute atomic E-state index is 12.4. The molecule has 0 fully saturated rings. The fraction of sp³-hybridized carbons (Fsp3) is 0.400. The smallest absolute Gasteiger partial charge is 0.348 e. The molecule has 5 nitrogen and oxygen atoms in total. The van der Waals surface area contributed by atoms with Gasteiger partial charge in [-0.25, -0.2) is 4.79 Å². The van der Waals surface area contributed by atoms with Crippen LogP contribution in [0.2, 0.25) is 0 Å². The van der Waals surface area contributed by atoms with Crippen molar-refractivity contribution in [3.05, 3.63) is 51.9 Å². The lowest BCUT2D eigenvalue weighted by Gasteiger charge is -2.24. The standard InChI is InChI=1S/C20H24N2O3S/c1-4-25-20(24)19-13(2)11-18(26-19)21-17(23)12-22(3)16-10-9-14-7-5-6-8-15(14)16/h5-8,11,16H,4,9-10,12H2,1-3H3,(H,21,23)/t16-/m1/s1. The Kier molecular flexibility index (Phi) is 5.74. The van der Waals surface area contributed by atoms with E-state index in [1.54, 1.807) is 6.92 Å². The number of rotatable bonds is 6. The number of amides is 1. The number of benzene rings is 1. The lowest BCUT2D eigenvalue weighted by Crippen LogP contribution is -2.32. The Hall–Kier alpha value is -2.18. The molecule has 1 atom stereocenters. The molecule has 1 aliphatic rings. The maximum atomic E-state index is 12.4. The zero-order chi connectivity index (χ0) is 18.7. The molecule has 1 heterocycles. The van der Waals surface area contributed by atoms with Crippen LogP contribution in [0.15, 0.2) is 30.3 Å². The van der Waals surface area contributed by atoms with Crippen molar-refractivity contribution in [1.29, 1.82) is 0 Å². The van der Waals surface area contributed by atoms with E-state index in [0.717, 1.165) is 18.4 Å². The van der Waals surface area contributed by atoms with Crippen LogP contribution in [0.3, 0.4) is 0 Å². The summed E-state index contributed by atoms with van der Waals surface area (Å²) in [6, 6.07) is 10.5. The molecular formula is C20H24N2O3S. The van der Waals surface area contributed by atoms with Gasteiger partial charge in [-0.3, -0.25) is 9.69 Å². The molecule has 138 valence electrons. The normalized spacial score (nSPS) is 15.8. The van der Waals surface area contributed by atoms with Crippen LogP contribution in [0.1, 0.15) is 45.7 Å². The summed E-state index contributed by atoms with van der Waals surface area (Å²) in [5.41, 5.74) is 3.51. The molecule has 0 unspecified atom stereocenters. The summed E-state index contributed by atoms with van der Waals surface area (Å²) in [6.45, 7) is 4.27. The first kappa shape index (κ1) is 18.6. The SMILES string of the molecule is CCOC(=O)c1sc(NC(=O)CN(C)[C@@H]2CCc3ccccc32)cc1C. The van der Waals surface area contributed by atoms with Gasteiger partial charge in [0.2, 0.25) is 5.91 Å². The summed E-state index contributed by atoms with van der Waals surface area (Å²) >= 11 is 1.26. The maximum Gasteiger partial charge on any atom is 0.348 e. The number of nitrogens with one attached hydrogen (secondary N) is 1. The number of aryl methyl sites for hydroxylation is 2. The molecule has 0 radical (unpaired) electrons. The number of ether oxygens (including phenoxy) is 1. The van der Waals surface area contributed by atoms with Gasteiger partial charge in [-0.15, -0.1) is 11.3 Å². The van der Waals surface area contributed by atoms with Crippen LogP contribution in [0, 0.1) is 6.92 Å². The summed E-state index contributed by atoms with van der Waals surface area (Å²) in [5, 5.41) is 3.59. The monoisotopic (exact) mass is 372 g/mol. The molecule has 0 spiro atoms. The average molecular weight is 372 g/mol. The largest absolute Gasteiger partial charge is 0.462 e. The van der Waals surface area contributed by atoms with E-state index in [9.17, 15) is 9.59 Å². The fourth-order valence-electron chi connectivity index (χ4n) is 3.45. The molecule has 0 saturated carbocycles. The molecule has 26 heavy (non-hydrogen) atoms. The minimum atomic E-state index is -0.338. The third-order valence-electron chi connectivity index (χ3n) is 4.67. The van der Waals surface area contributed by atoms with Crippen LogP contribution in [-0.4, -0.2) is 37.0 Å².